The van der Waals surface area contributed by atoms with Crippen molar-refractivity contribution < 1.29 is 24.2 Å². The Labute approximate surface area is 191 Å². The normalized spacial score (nSPS) is 55.3. The predicted octanol–water partition coefficient (Wildman–Crippen LogP) is 4.42. The van der Waals surface area contributed by atoms with Gasteiger partial charge in [0.25, 0.3) is 0 Å². The van der Waals surface area contributed by atoms with Crippen LogP contribution >= 0.6 is 0 Å². The van der Waals surface area contributed by atoms with E-state index in [1.54, 1.807) is 0 Å². The lowest BCUT2D eigenvalue weighted by atomic mass is 9.32. The maximum Gasteiger partial charge on any atom is 0.311 e. The summed E-state index contributed by atoms with van der Waals surface area (Å²) in [5.41, 5.74) is 1.90. The van der Waals surface area contributed by atoms with Crippen molar-refractivity contribution in [2.45, 2.75) is 91.0 Å². The van der Waals surface area contributed by atoms with Gasteiger partial charge in [0.05, 0.1) is 18.6 Å². The van der Waals surface area contributed by atoms with Gasteiger partial charge >= 0.3 is 5.97 Å². The third-order valence-corrected chi connectivity index (χ3v) is 11.5. The molecule has 10 atom stereocenters. The smallest absolute Gasteiger partial charge is 0.311 e. The summed E-state index contributed by atoms with van der Waals surface area (Å²) in [7, 11) is 1.52. The molecule has 0 aromatic rings. The average molecular weight is 443 g/mol. The number of rotatable bonds is 1. The number of aliphatic hydroxyl groups is 1. The fraction of sp³-hybridized carbons (Fsp3) is 0.852. The molecule has 6 aliphatic carbocycles. The Morgan fingerprint density at radius 2 is 1.88 bits per heavy atom. The molecular weight excluding hydrogens is 404 g/mol. The summed E-state index contributed by atoms with van der Waals surface area (Å²) in [6.45, 7) is 8.84. The van der Waals surface area contributed by atoms with E-state index in [0.717, 1.165) is 38.5 Å². The van der Waals surface area contributed by atoms with Crippen LogP contribution < -0.4 is 0 Å². The third-order valence-electron chi connectivity index (χ3n) is 11.5. The number of carbonyl (C=O) groups is 2. The highest BCUT2D eigenvalue weighted by atomic mass is 16.6. The van der Waals surface area contributed by atoms with Crippen molar-refractivity contribution in [3.63, 3.8) is 0 Å². The summed E-state index contributed by atoms with van der Waals surface area (Å²) in [6, 6.07) is 0. The van der Waals surface area contributed by atoms with Crippen LogP contribution in [0.4, 0.5) is 0 Å². The van der Waals surface area contributed by atoms with E-state index < -0.39 is 11.2 Å². The van der Waals surface area contributed by atoms with Gasteiger partial charge in [-0.25, -0.2) is 0 Å². The number of hydrogen-bond acceptors (Lipinski definition) is 5. The van der Waals surface area contributed by atoms with Crippen LogP contribution in [0.2, 0.25) is 0 Å². The first-order chi connectivity index (χ1) is 15.0. The molecule has 5 nitrogen and oxygen atoms in total. The van der Waals surface area contributed by atoms with Gasteiger partial charge in [-0.05, 0) is 81.6 Å². The van der Waals surface area contributed by atoms with E-state index in [-0.39, 0.29) is 46.6 Å². The van der Waals surface area contributed by atoms with Crippen molar-refractivity contribution in [2.75, 3.05) is 7.11 Å². The van der Waals surface area contributed by atoms with Crippen LogP contribution in [-0.2, 0) is 19.1 Å². The molecule has 32 heavy (non-hydrogen) atoms. The van der Waals surface area contributed by atoms with E-state index in [1.165, 1.54) is 18.3 Å². The number of methoxy groups -OCH3 is 1. The lowest BCUT2D eigenvalue weighted by Crippen LogP contribution is -2.70. The molecule has 0 amide bonds. The van der Waals surface area contributed by atoms with Gasteiger partial charge in [0, 0.05) is 30.1 Å². The Hall–Kier alpha value is -1.20. The number of ether oxygens (including phenoxy) is 2. The Balaban J connectivity index is 1.53. The zero-order valence-electron chi connectivity index (χ0n) is 20.2. The van der Waals surface area contributed by atoms with Gasteiger partial charge in [0.1, 0.15) is 5.78 Å². The van der Waals surface area contributed by atoms with E-state index >= 15 is 0 Å². The van der Waals surface area contributed by atoms with Gasteiger partial charge in [0.2, 0.25) is 0 Å². The maximum absolute atomic E-state index is 13.3. The molecule has 7 fully saturated rings. The van der Waals surface area contributed by atoms with Crippen molar-refractivity contribution in [3.8, 4) is 0 Å². The van der Waals surface area contributed by atoms with E-state index in [0.29, 0.717) is 24.5 Å². The quantitative estimate of drug-likeness (QED) is 0.481. The molecule has 1 unspecified atom stereocenters. The molecule has 6 saturated carbocycles. The molecule has 1 aliphatic heterocycles. The molecule has 1 heterocycles. The highest BCUT2D eigenvalue weighted by Gasteiger charge is 2.81. The Bertz CT molecular complexity index is 934. The van der Waals surface area contributed by atoms with Gasteiger partial charge in [-0.2, -0.15) is 0 Å². The second kappa shape index (κ2) is 6.27. The average Bonchev–Trinajstić information content (AvgIpc) is 2.97. The number of ketones is 1. The number of allylic oxidation sites excluding steroid dienone is 1. The van der Waals surface area contributed by atoms with Crippen LogP contribution in [0.15, 0.2) is 11.1 Å². The van der Waals surface area contributed by atoms with Crippen LogP contribution in [0.1, 0.15) is 79.1 Å². The number of fused-ring (bicyclic) bond motifs is 1. The summed E-state index contributed by atoms with van der Waals surface area (Å²) >= 11 is 0. The number of carbonyl (C=O) groups excluding carboxylic acids is 2. The largest absolute Gasteiger partial charge is 0.469 e. The van der Waals surface area contributed by atoms with Crippen molar-refractivity contribution in [2.24, 2.45) is 45.8 Å². The second-order valence-corrected chi connectivity index (χ2v) is 12.6. The minimum Gasteiger partial charge on any atom is -0.469 e. The van der Waals surface area contributed by atoms with Gasteiger partial charge < -0.3 is 14.6 Å². The molecule has 0 aromatic heterocycles. The first kappa shape index (κ1) is 21.3. The molecule has 0 aromatic carbocycles. The van der Waals surface area contributed by atoms with Crippen molar-refractivity contribution in [1.82, 2.24) is 0 Å². The summed E-state index contributed by atoms with van der Waals surface area (Å²) in [5.74, 6) is -0.322. The lowest BCUT2D eigenvalue weighted by Gasteiger charge is -2.71. The van der Waals surface area contributed by atoms with Crippen LogP contribution in [0.25, 0.3) is 0 Å². The highest BCUT2D eigenvalue weighted by Crippen LogP contribution is 2.80. The van der Waals surface area contributed by atoms with Crippen LogP contribution in [0, 0.1) is 45.8 Å². The van der Waals surface area contributed by atoms with Crippen LogP contribution in [0.3, 0.4) is 0 Å². The summed E-state index contributed by atoms with van der Waals surface area (Å²) in [4.78, 5) is 26.3. The SMILES string of the molecule is COC(=O)[C@]1(C)CCC[C@]2(C)[C@H]3C[C@H]4C(=C(C)C)C5O[C@@]6(O)CCC(=O)[C@H]4[C@@H]6[C@@]53CC[C@H]21. The molecule has 7 rings (SSSR count). The van der Waals surface area contributed by atoms with Gasteiger partial charge in [0.15, 0.2) is 5.79 Å². The first-order valence-corrected chi connectivity index (χ1v) is 12.7. The van der Waals surface area contributed by atoms with E-state index in [1.807, 2.05) is 0 Å². The summed E-state index contributed by atoms with van der Waals surface area (Å²) in [5, 5.41) is 11.8. The Morgan fingerprint density at radius 3 is 2.56 bits per heavy atom. The first-order valence-electron chi connectivity index (χ1n) is 12.7. The molecule has 176 valence electrons. The lowest BCUT2D eigenvalue weighted by molar-refractivity contribution is -0.239. The van der Waals surface area contributed by atoms with E-state index in [2.05, 4.69) is 27.7 Å². The molecule has 1 N–H and O–H groups in total. The minimum atomic E-state index is -1.18. The van der Waals surface area contributed by atoms with Crippen molar-refractivity contribution >= 4 is 11.8 Å². The predicted molar refractivity (Wildman–Crippen MR) is 118 cm³/mol. The van der Waals surface area contributed by atoms with E-state index in [4.69, 9.17) is 9.47 Å². The zero-order chi connectivity index (χ0) is 22.8. The monoisotopic (exact) mass is 442 g/mol. The van der Waals surface area contributed by atoms with Crippen LogP contribution in [0.5, 0.6) is 0 Å². The molecule has 1 saturated heterocycles. The number of Topliss-reactive ketones (excluding diaryl/α,β-unsaturated/α-hetero) is 1. The summed E-state index contributed by atoms with van der Waals surface area (Å²) < 4.78 is 12.0. The van der Waals surface area contributed by atoms with Gasteiger partial charge in [-0.1, -0.05) is 18.9 Å². The fourth-order valence-electron chi connectivity index (χ4n) is 10.6. The molecule has 1 spiro atoms. The molecule has 5 heteroatoms. The van der Waals surface area contributed by atoms with Crippen LogP contribution in [-0.4, -0.2) is 35.9 Å². The Kier molecular flexibility index (Phi) is 4.18. The second-order valence-electron chi connectivity index (χ2n) is 12.6. The van der Waals surface area contributed by atoms with Crippen molar-refractivity contribution in [1.29, 1.82) is 0 Å². The van der Waals surface area contributed by atoms with E-state index in [9.17, 15) is 14.7 Å². The number of esters is 1. The van der Waals surface area contributed by atoms with Crippen molar-refractivity contribution in [3.05, 3.63) is 11.1 Å². The fourth-order valence-corrected chi connectivity index (χ4v) is 10.6. The topological polar surface area (TPSA) is 72.8 Å². The maximum atomic E-state index is 13.3. The molecular formula is C27H38O5. The standard InChI is InChI=1S/C27H38O5/c1-14(2)19-15-13-18-24(3)9-6-10-25(4,23(29)31-5)17(24)8-11-26(18)21-20(15)16(28)7-12-27(21,30)32-22(19)26/h15,17-18,20-22,30H,6-13H2,1-5H3/t15-,17+,18+,20-,21+,22?,24-,25+,26-,27-/m0/s1. The highest BCUT2D eigenvalue weighted by molar-refractivity contribution is 5.84. The minimum absolute atomic E-state index is 0.0107. The zero-order valence-corrected chi connectivity index (χ0v) is 20.2. The van der Waals surface area contributed by atoms with Gasteiger partial charge in [-0.3, -0.25) is 9.59 Å². The molecule has 4 bridgehead atoms. The third kappa shape index (κ3) is 2.15. The molecule has 0 radical (unpaired) electrons. The Morgan fingerprint density at radius 1 is 1.12 bits per heavy atom. The van der Waals surface area contributed by atoms with Gasteiger partial charge in [-0.15, -0.1) is 0 Å². The number of hydrogen-bond donors (Lipinski definition) is 1. The summed E-state index contributed by atoms with van der Waals surface area (Å²) in [6.07, 6.45) is 6.64. The molecule has 7 aliphatic rings.